The van der Waals surface area contributed by atoms with Crippen LogP contribution in [0.2, 0.25) is 0 Å². The monoisotopic (exact) mass is 399 g/mol. The molecule has 0 unspecified atom stereocenters. The van der Waals surface area contributed by atoms with E-state index in [4.69, 9.17) is 9.47 Å². The number of hydrogen-bond donors (Lipinski definition) is 5. The minimum atomic E-state index is -2.17. The SMILES string of the molecule is CC(=O)Nc1ccc(OC(=O)[C@@H](O)[C@@H](O)[C@H](O)[C@H](O)COC(=O)C(C)C)cc1. The molecule has 10 nitrogen and oxygen atoms in total. The van der Waals surface area contributed by atoms with E-state index in [0.29, 0.717) is 5.69 Å². The van der Waals surface area contributed by atoms with Crippen molar-refractivity contribution in [3.8, 4) is 5.75 Å². The van der Waals surface area contributed by atoms with Crippen LogP contribution in [-0.2, 0) is 19.1 Å². The number of hydrogen-bond acceptors (Lipinski definition) is 9. The summed E-state index contributed by atoms with van der Waals surface area (Å²) < 4.78 is 9.60. The highest BCUT2D eigenvalue weighted by Gasteiger charge is 2.36. The maximum absolute atomic E-state index is 11.9. The maximum atomic E-state index is 11.9. The molecule has 5 N–H and O–H groups in total. The van der Waals surface area contributed by atoms with Crippen LogP contribution in [0, 0.1) is 5.92 Å². The van der Waals surface area contributed by atoms with Crippen molar-refractivity contribution in [1.82, 2.24) is 0 Å². The van der Waals surface area contributed by atoms with Gasteiger partial charge in [-0.15, -0.1) is 0 Å². The molecule has 0 aliphatic heterocycles. The van der Waals surface area contributed by atoms with Crippen molar-refractivity contribution < 1.29 is 44.3 Å². The summed E-state index contributed by atoms with van der Waals surface area (Å²) in [5.41, 5.74) is 0.461. The summed E-state index contributed by atoms with van der Waals surface area (Å²) in [6.07, 6.45) is -7.94. The largest absolute Gasteiger partial charge is 0.463 e. The molecule has 1 amide bonds. The maximum Gasteiger partial charge on any atom is 0.343 e. The quantitative estimate of drug-likeness (QED) is 0.264. The lowest BCUT2D eigenvalue weighted by molar-refractivity contribution is -0.167. The third-order valence-electron chi connectivity index (χ3n) is 3.57. The Bertz CT molecular complexity index is 674. The van der Waals surface area contributed by atoms with E-state index in [1.807, 2.05) is 0 Å². The van der Waals surface area contributed by atoms with Gasteiger partial charge in [-0.3, -0.25) is 9.59 Å². The molecule has 1 aromatic rings. The third-order valence-corrected chi connectivity index (χ3v) is 3.57. The van der Waals surface area contributed by atoms with Crippen molar-refractivity contribution in [2.75, 3.05) is 11.9 Å². The lowest BCUT2D eigenvalue weighted by atomic mass is 10.0. The van der Waals surface area contributed by atoms with Gasteiger partial charge < -0.3 is 35.2 Å². The Hall–Kier alpha value is -2.53. The number of ether oxygens (including phenoxy) is 2. The molecule has 156 valence electrons. The summed E-state index contributed by atoms with van der Waals surface area (Å²) in [6, 6.07) is 5.60. The number of carbonyl (C=O) groups excluding carboxylic acids is 3. The van der Waals surface area contributed by atoms with Crippen LogP contribution in [0.25, 0.3) is 0 Å². The van der Waals surface area contributed by atoms with Gasteiger partial charge in [0.2, 0.25) is 5.91 Å². The van der Waals surface area contributed by atoms with Crippen molar-refractivity contribution in [2.45, 2.75) is 45.2 Å². The van der Waals surface area contributed by atoms with Gasteiger partial charge in [0, 0.05) is 12.6 Å². The van der Waals surface area contributed by atoms with Gasteiger partial charge in [0.25, 0.3) is 0 Å². The molecule has 4 atom stereocenters. The highest BCUT2D eigenvalue weighted by Crippen LogP contribution is 2.17. The van der Waals surface area contributed by atoms with Gasteiger partial charge in [0.15, 0.2) is 6.10 Å². The zero-order valence-corrected chi connectivity index (χ0v) is 15.7. The highest BCUT2D eigenvalue weighted by atomic mass is 16.6. The molecular formula is C18H25NO9. The van der Waals surface area contributed by atoms with Crippen LogP contribution in [0.5, 0.6) is 5.75 Å². The zero-order valence-electron chi connectivity index (χ0n) is 15.7. The summed E-state index contributed by atoms with van der Waals surface area (Å²) in [6.45, 7) is 3.85. The van der Waals surface area contributed by atoms with E-state index < -0.39 is 48.9 Å². The first-order valence-corrected chi connectivity index (χ1v) is 8.51. The standard InChI is InChI=1S/C18H25NO9/c1-9(2)17(25)27-8-13(21)14(22)15(23)16(24)18(26)28-12-6-4-11(5-7-12)19-10(3)20/h4-7,9,13-16,21-24H,8H2,1-3H3,(H,19,20)/t13-,14-,15+,16+/m1/s1. The molecule has 0 aliphatic carbocycles. The fourth-order valence-electron chi connectivity index (χ4n) is 1.97. The Morgan fingerprint density at radius 3 is 2.04 bits per heavy atom. The number of amides is 1. The molecule has 0 saturated carbocycles. The topological polar surface area (TPSA) is 163 Å². The van der Waals surface area contributed by atoms with E-state index >= 15 is 0 Å². The van der Waals surface area contributed by atoms with E-state index in [-0.39, 0.29) is 11.7 Å². The predicted octanol–water partition coefficient (Wildman–Crippen LogP) is -0.807. The number of carbonyl (C=O) groups is 3. The molecule has 28 heavy (non-hydrogen) atoms. The number of benzene rings is 1. The van der Waals surface area contributed by atoms with Gasteiger partial charge >= 0.3 is 11.9 Å². The third kappa shape index (κ3) is 7.24. The van der Waals surface area contributed by atoms with Gasteiger partial charge in [-0.2, -0.15) is 0 Å². The Morgan fingerprint density at radius 1 is 0.964 bits per heavy atom. The van der Waals surface area contributed by atoms with Crippen LogP contribution in [0.4, 0.5) is 5.69 Å². The fourth-order valence-corrected chi connectivity index (χ4v) is 1.97. The first-order valence-electron chi connectivity index (χ1n) is 8.51. The van der Waals surface area contributed by atoms with Crippen molar-refractivity contribution in [2.24, 2.45) is 5.92 Å². The normalized spacial score (nSPS) is 15.3. The van der Waals surface area contributed by atoms with Crippen LogP contribution in [0.15, 0.2) is 24.3 Å². The molecular weight excluding hydrogens is 374 g/mol. The van der Waals surface area contributed by atoms with E-state index in [1.54, 1.807) is 13.8 Å². The molecule has 0 radical (unpaired) electrons. The summed E-state index contributed by atoms with van der Waals surface area (Å²) >= 11 is 0. The van der Waals surface area contributed by atoms with Gasteiger partial charge in [-0.25, -0.2) is 4.79 Å². The number of aliphatic hydroxyl groups is 4. The second-order valence-electron chi connectivity index (χ2n) is 6.40. The Balaban J connectivity index is 2.60. The van der Waals surface area contributed by atoms with Crippen molar-refractivity contribution in [3.63, 3.8) is 0 Å². The second kappa shape index (κ2) is 10.7. The molecule has 10 heteroatoms. The Kier molecular flexibility index (Phi) is 9.00. The minimum Gasteiger partial charge on any atom is -0.463 e. The Labute approximate surface area is 161 Å². The number of aliphatic hydroxyl groups excluding tert-OH is 4. The average Bonchev–Trinajstić information content (AvgIpc) is 2.64. The van der Waals surface area contributed by atoms with Gasteiger partial charge in [-0.1, -0.05) is 13.8 Å². The smallest absolute Gasteiger partial charge is 0.343 e. The van der Waals surface area contributed by atoms with Crippen LogP contribution in [0.1, 0.15) is 20.8 Å². The minimum absolute atomic E-state index is 0.0197. The van der Waals surface area contributed by atoms with Crippen LogP contribution in [-0.4, -0.2) is 69.3 Å². The van der Waals surface area contributed by atoms with Crippen molar-refractivity contribution in [1.29, 1.82) is 0 Å². The van der Waals surface area contributed by atoms with Crippen LogP contribution >= 0.6 is 0 Å². The number of esters is 2. The summed E-state index contributed by atoms with van der Waals surface area (Å²) in [4.78, 5) is 34.2. The summed E-state index contributed by atoms with van der Waals surface area (Å²) in [5, 5.41) is 41.8. The molecule has 0 aromatic heterocycles. The van der Waals surface area contributed by atoms with E-state index in [1.165, 1.54) is 31.2 Å². The van der Waals surface area contributed by atoms with Crippen LogP contribution < -0.4 is 10.1 Å². The number of anilines is 1. The van der Waals surface area contributed by atoms with Gasteiger partial charge in [0.05, 0.1) is 5.92 Å². The molecule has 0 aliphatic rings. The molecule has 0 saturated heterocycles. The summed E-state index contributed by atoms with van der Waals surface area (Å²) in [7, 11) is 0. The molecule has 1 rings (SSSR count). The van der Waals surface area contributed by atoms with Gasteiger partial charge in [0.1, 0.15) is 30.7 Å². The highest BCUT2D eigenvalue weighted by molar-refractivity contribution is 5.88. The number of rotatable bonds is 9. The average molecular weight is 399 g/mol. The number of nitrogens with one attached hydrogen (secondary N) is 1. The van der Waals surface area contributed by atoms with E-state index in [0.717, 1.165) is 0 Å². The van der Waals surface area contributed by atoms with Crippen LogP contribution in [0.3, 0.4) is 0 Å². The fraction of sp³-hybridized carbons (Fsp3) is 0.500. The first kappa shape index (κ1) is 23.5. The Morgan fingerprint density at radius 2 is 1.54 bits per heavy atom. The molecule has 0 bridgehead atoms. The molecule has 0 heterocycles. The summed E-state index contributed by atoms with van der Waals surface area (Å²) in [5.74, 6) is -2.61. The van der Waals surface area contributed by atoms with E-state index in [9.17, 15) is 34.8 Å². The van der Waals surface area contributed by atoms with Crippen molar-refractivity contribution >= 4 is 23.5 Å². The lowest BCUT2D eigenvalue weighted by Crippen LogP contribution is -2.50. The lowest BCUT2D eigenvalue weighted by Gasteiger charge is -2.25. The molecule has 1 aromatic carbocycles. The zero-order chi connectivity index (χ0) is 21.4. The first-order chi connectivity index (χ1) is 13.0. The predicted molar refractivity (Wildman–Crippen MR) is 96.2 cm³/mol. The van der Waals surface area contributed by atoms with Crippen molar-refractivity contribution in [3.05, 3.63) is 24.3 Å². The molecule has 0 spiro atoms. The van der Waals surface area contributed by atoms with E-state index in [2.05, 4.69) is 5.32 Å². The van der Waals surface area contributed by atoms with Gasteiger partial charge in [-0.05, 0) is 24.3 Å². The molecule has 0 fully saturated rings. The second-order valence-corrected chi connectivity index (χ2v) is 6.40.